The first-order chi connectivity index (χ1) is 13.7. The van der Waals surface area contributed by atoms with Gasteiger partial charge in [-0.3, -0.25) is 9.48 Å². The summed E-state index contributed by atoms with van der Waals surface area (Å²) in [6.07, 6.45) is 6.84. The average Bonchev–Trinajstić information content (AvgIpc) is 3.22. The number of hydrogen-bond donors (Lipinski definition) is 0. The highest BCUT2D eigenvalue weighted by Gasteiger charge is 2.28. The number of carbonyl (C=O) groups excluding carboxylic acids is 2. The molecule has 1 aromatic heterocycles. The third-order valence-corrected chi connectivity index (χ3v) is 5.53. The van der Waals surface area contributed by atoms with Gasteiger partial charge in [0.25, 0.3) is 5.91 Å². The topological polar surface area (TPSA) is 61.7 Å². The van der Waals surface area contributed by atoms with Crippen LogP contribution in [-0.4, -0.2) is 75.7 Å². The smallest absolute Gasteiger partial charge is 0.320 e. The van der Waals surface area contributed by atoms with Crippen LogP contribution in [0, 0.1) is 0 Å². The van der Waals surface area contributed by atoms with Gasteiger partial charge >= 0.3 is 6.03 Å². The Kier molecular flexibility index (Phi) is 5.60. The predicted molar refractivity (Wildman–Crippen MR) is 106 cm³/mol. The number of piperazine rings is 1. The van der Waals surface area contributed by atoms with E-state index in [9.17, 15) is 9.59 Å². The van der Waals surface area contributed by atoms with Crippen LogP contribution in [0.1, 0.15) is 35.2 Å². The molecular formula is C21H27N5O2. The first kappa shape index (κ1) is 18.5. The zero-order valence-corrected chi connectivity index (χ0v) is 16.2. The van der Waals surface area contributed by atoms with Crippen molar-refractivity contribution in [1.82, 2.24) is 24.5 Å². The van der Waals surface area contributed by atoms with Crippen molar-refractivity contribution in [2.24, 2.45) is 0 Å². The largest absolute Gasteiger partial charge is 0.335 e. The molecule has 0 spiro atoms. The van der Waals surface area contributed by atoms with Crippen molar-refractivity contribution in [3.05, 3.63) is 53.9 Å². The molecule has 7 heteroatoms. The van der Waals surface area contributed by atoms with E-state index in [1.165, 1.54) is 6.42 Å². The third kappa shape index (κ3) is 4.18. The monoisotopic (exact) mass is 381 g/mol. The molecule has 0 aliphatic carbocycles. The number of carbonyl (C=O) groups is 2. The normalized spacial score (nSPS) is 17.6. The van der Waals surface area contributed by atoms with Crippen LogP contribution in [-0.2, 0) is 6.54 Å². The second-order valence-electron chi connectivity index (χ2n) is 7.52. The van der Waals surface area contributed by atoms with E-state index in [4.69, 9.17) is 0 Å². The second kappa shape index (κ2) is 8.46. The Hall–Kier alpha value is -2.83. The molecule has 0 unspecified atom stereocenters. The van der Waals surface area contributed by atoms with E-state index in [1.54, 1.807) is 17.1 Å². The summed E-state index contributed by atoms with van der Waals surface area (Å²) in [5.41, 5.74) is 1.75. The Labute approximate surface area is 165 Å². The van der Waals surface area contributed by atoms with Crippen LogP contribution in [0.4, 0.5) is 4.79 Å². The van der Waals surface area contributed by atoms with Crippen molar-refractivity contribution < 1.29 is 9.59 Å². The van der Waals surface area contributed by atoms with Gasteiger partial charge in [-0.2, -0.15) is 5.10 Å². The summed E-state index contributed by atoms with van der Waals surface area (Å²) < 4.78 is 1.79. The molecule has 7 nitrogen and oxygen atoms in total. The van der Waals surface area contributed by atoms with Crippen LogP contribution in [0.5, 0.6) is 0 Å². The molecule has 148 valence electrons. The lowest BCUT2D eigenvalue weighted by atomic mass is 10.1. The van der Waals surface area contributed by atoms with Crippen LogP contribution in [0.25, 0.3) is 0 Å². The van der Waals surface area contributed by atoms with Crippen LogP contribution in [0.2, 0.25) is 0 Å². The second-order valence-corrected chi connectivity index (χ2v) is 7.52. The number of piperidine rings is 1. The SMILES string of the molecule is O=C(c1cnn(Cc2ccccc2)c1)N1CCN(C(=O)N2CCCCC2)CC1. The minimum atomic E-state index is -0.00983. The maximum absolute atomic E-state index is 12.8. The molecule has 3 heterocycles. The van der Waals surface area contributed by atoms with Crippen LogP contribution < -0.4 is 0 Å². The molecule has 0 saturated carbocycles. The first-order valence-corrected chi connectivity index (χ1v) is 10.1. The minimum absolute atomic E-state index is 0.00983. The van der Waals surface area contributed by atoms with Gasteiger partial charge < -0.3 is 14.7 Å². The van der Waals surface area contributed by atoms with E-state index in [0.29, 0.717) is 38.3 Å². The summed E-state index contributed by atoms with van der Waals surface area (Å²) in [7, 11) is 0. The average molecular weight is 381 g/mol. The number of hydrogen-bond acceptors (Lipinski definition) is 3. The summed E-state index contributed by atoms with van der Waals surface area (Å²) in [6, 6.07) is 10.2. The quantitative estimate of drug-likeness (QED) is 0.820. The van der Waals surface area contributed by atoms with Crippen molar-refractivity contribution in [1.29, 1.82) is 0 Å². The first-order valence-electron chi connectivity index (χ1n) is 10.1. The zero-order valence-electron chi connectivity index (χ0n) is 16.2. The maximum Gasteiger partial charge on any atom is 0.320 e. The van der Waals surface area contributed by atoms with E-state index in [0.717, 1.165) is 31.5 Å². The highest BCUT2D eigenvalue weighted by molar-refractivity contribution is 5.94. The van der Waals surface area contributed by atoms with Crippen molar-refractivity contribution in [3.8, 4) is 0 Å². The van der Waals surface area contributed by atoms with Gasteiger partial charge in [-0.25, -0.2) is 4.79 Å². The van der Waals surface area contributed by atoms with Gasteiger partial charge in [-0.15, -0.1) is 0 Å². The summed E-state index contributed by atoms with van der Waals surface area (Å²) >= 11 is 0. The minimum Gasteiger partial charge on any atom is -0.335 e. The van der Waals surface area contributed by atoms with Gasteiger partial charge in [0.1, 0.15) is 0 Å². The molecule has 2 fully saturated rings. The fraction of sp³-hybridized carbons (Fsp3) is 0.476. The molecule has 28 heavy (non-hydrogen) atoms. The predicted octanol–water partition coefficient (Wildman–Crippen LogP) is 2.30. The van der Waals surface area contributed by atoms with Gasteiger partial charge in [0.2, 0.25) is 0 Å². The number of amides is 3. The van der Waals surface area contributed by atoms with Crippen LogP contribution in [0.15, 0.2) is 42.7 Å². The Morgan fingerprint density at radius 2 is 1.46 bits per heavy atom. The number of likely N-dealkylation sites (tertiary alicyclic amines) is 1. The van der Waals surface area contributed by atoms with Gasteiger partial charge in [-0.1, -0.05) is 30.3 Å². The Morgan fingerprint density at radius 1 is 0.821 bits per heavy atom. The fourth-order valence-corrected chi connectivity index (χ4v) is 3.90. The fourth-order valence-electron chi connectivity index (χ4n) is 3.90. The van der Waals surface area contributed by atoms with E-state index >= 15 is 0 Å². The molecule has 2 saturated heterocycles. The molecule has 0 atom stereocenters. The summed E-state index contributed by atoms with van der Waals surface area (Å²) in [4.78, 5) is 31.1. The van der Waals surface area contributed by atoms with Gasteiger partial charge in [0, 0.05) is 45.5 Å². The Bertz CT molecular complexity index is 805. The molecule has 1 aromatic carbocycles. The lowest BCUT2D eigenvalue weighted by Gasteiger charge is -2.38. The van der Waals surface area contributed by atoms with E-state index in [-0.39, 0.29) is 11.9 Å². The maximum atomic E-state index is 12.8. The van der Waals surface area contributed by atoms with Gasteiger partial charge in [0.15, 0.2) is 0 Å². The number of rotatable bonds is 3. The molecule has 3 amide bonds. The zero-order chi connectivity index (χ0) is 19.3. The Balaban J connectivity index is 1.31. The molecule has 0 radical (unpaired) electrons. The highest BCUT2D eigenvalue weighted by atomic mass is 16.2. The molecule has 4 rings (SSSR count). The number of nitrogens with zero attached hydrogens (tertiary/aromatic N) is 5. The van der Waals surface area contributed by atoms with Gasteiger partial charge in [-0.05, 0) is 24.8 Å². The lowest BCUT2D eigenvalue weighted by Crippen LogP contribution is -2.54. The number of benzene rings is 1. The summed E-state index contributed by atoms with van der Waals surface area (Å²) in [5.74, 6) is -0.00983. The molecule has 2 aliphatic rings. The standard InChI is InChI=1S/C21H27N5O2/c27-20(19-15-22-26(17-19)16-18-7-3-1-4-8-18)23-11-13-25(14-12-23)21(28)24-9-5-2-6-10-24/h1,3-4,7-8,15,17H,2,5-6,9-14,16H2. The molecule has 2 aliphatic heterocycles. The van der Waals surface area contributed by atoms with Crippen molar-refractivity contribution >= 4 is 11.9 Å². The molecule has 2 aromatic rings. The summed E-state index contributed by atoms with van der Waals surface area (Å²) in [5, 5.41) is 4.33. The molecule has 0 bridgehead atoms. The Morgan fingerprint density at radius 3 is 2.18 bits per heavy atom. The molecular weight excluding hydrogens is 354 g/mol. The third-order valence-electron chi connectivity index (χ3n) is 5.53. The highest BCUT2D eigenvalue weighted by Crippen LogP contribution is 2.14. The van der Waals surface area contributed by atoms with Crippen molar-refractivity contribution in [2.45, 2.75) is 25.8 Å². The number of urea groups is 1. The van der Waals surface area contributed by atoms with E-state index < -0.39 is 0 Å². The lowest BCUT2D eigenvalue weighted by molar-refractivity contribution is 0.0633. The van der Waals surface area contributed by atoms with Crippen molar-refractivity contribution in [2.75, 3.05) is 39.3 Å². The van der Waals surface area contributed by atoms with E-state index in [1.807, 2.05) is 45.0 Å². The molecule has 0 N–H and O–H groups in total. The number of aromatic nitrogens is 2. The summed E-state index contributed by atoms with van der Waals surface area (Å²) in [6.45, 7) is 4.70. The van der Waals surface area contributed by atoms with Crippen LogP contribution >= 0.6 is 0 Å². The van der Waals surface area contributed by atoms with E-state index in [2.05, 4.69) is 5.10 Å². The van der Waals surface area contributed by atoms with Crippen LogP contribution in [0.3, 0.4) is 0 Å². The van der Waals surface area contributed by atoms with Gasteiger partial charge in [0.05, 0.1) is 18.3 Å². The van der Waals surface area contributed by atoms with Crippen molar-refractivity contribution in [3.63, 3.8) is 0 Å².